The maximum absolute atomic E-state index is 12.2. The van der Waals surface area contributed by atoms with Crippen molar-refractivity contribution < 1.29 is 4.79 Å². The van der Waals surface area contributed by atoms with E-state index in [0.717, 1.165) is 17.3 Å². The molecule has 140 valence electrons. The van der Waals surface area contributed by atoms with Crippen molar-refractivity contribution in [2.24, 2.45) is 0 Å². The van der Waals surface area contributed by atoms with Crippen molar-refractivity contribution >= 4 is 17.4 Å². The average molecular weight is 365 g/mol. The third kappa shape index (κ3) is 4.60. The monoisotopic (exact) mass is 365 g/mol. The maximum atomic E-state index is 12.2. The molecule has 0 unspecified atom stereocenters. The fraction of sp³-hybridized carbons (Fsp3) is 0.263. The third-order valence-electron chi connectivity index (χ3n) is 4.09. The molecule has 0 atom stereocenters. The molecule has 27 heavy (non-hydrogen) atoms. The minimum absolute atomic E-state index is 0.0977. The van der Waals surface area contributed by atoms with Gasteiger partial charge in [0.2, 0.25) is 0 Å². The Bertz CT molecular complexity index is 902. The van der Waals surface area contributed by atoms with Crippen molar-refractivity contribution in [1.29, 1.82) is 0 Å². The van der Waals surface area contributed by atoms with Gasteiger partial charge in [-0.25, -0.2) is 15.0 Å². The van der Waals surface area contributed by atoms with Gasteiger partial charge in [0, 0.05) is 56.9 Å². The SMILES string of the molecule is Cc1nccn1-c1cc(NCCNC(=O)c2ccc(N(C)C)cc2)ncn1. The highest BCUT2D eigenvalue weighted by Crippen LogP contribution is 2.12. The van der Waals surface area contributed by atoms with Crippen LogP contribution < -0.4 is 15.5 Å². The Labute approximate surface area is 158 Å². The minimum atomic E-state index is -0.0977. The third-order valence-corrected chi connectivity index (χ3v) is 4.09. The number of carbonyl (C=O) groups is 1. The number of nitrogens with zero attached hydrogens (tertiary/aromatic N) is 5. The Kier molecular flexibility index (Phi) is 5.65. The lowest BCUT2D eigenvalue weighted by atomic mass is 10.2. The molecule has 0 bridgehead atoms. The molecule has 3 aromatic rings. The molecular weight excluding hydrogens is 342 g/mol. The molecule has 0 aliphatic rings. The van der Waals surface area contributed by atoms with Crippen molar-refractivity contribution in [3.8, 4) is 5.82 Å². The highest BCUT2D eigenvalue weighted by atomic mass is 16.1. The number of rotatable bonds is 7. The molecule has 0 fully saturated rings. The van der Waals surface area contributed by atoms with Crippen LogP contribution in [0.5, 0.6) is 0 Å². The van der Waals surface area contributed by atoms with E-state index >= 15 is 0 Å². The molecule has 0 saturated heterocycles. The van der Waals surface area contributed by atoms with E-state index < -0.39 is 0 Å². The number of anilines is 2. The van der Waals surface area contributed by atoms with Crippen molar-refractivity contribution in [3.63, 3.8) is 0 Å². The maximum Gasteiger partial charge on any atom is 0.251 e. The molecule has 0 saturated carbocycles. The Morgan fingerprint density at radius 2 is 1.89 bits per heavy atom. The summed E-state index contributed by atoms with van der Waals surface area (Å²) in [7, 11) is 3.93. The standard InChI is InChI=1S/C19H23N7O/c1-14-20-10-11-26(14)18-12-17(23-13-24-18)21-8-9-22-19(27)15-4-6-16(7-5-15)25(2)3/h4-7,10-13H,8-9H2,1-3H3,(H,22,27)(H,21,23,24). The summed E-state index contributed by atoms with van der Waals surface area (Å²) in [4.78, 5) is 26.8. The molecule has 0 spiro atoms. The van der Waals surface area contributed by atoms with Gasteiger partial charge < -0.3 is 15.5 Å². The van der Waals surface area contributed by atoms with Crippen molar-refractivity contribution in [1.82, 2.24) is 24.8 Å². The molecule has 0 radical (unpaired) electrons. The second-order valence-corrected chi connectivity index (χ2v) is 6.23. The predicted molar refractivity (Wildman–Crippen MR) is 105 cm³/mol. The lowest BCUT2D eigenvalue weighted by Gasteiger charge is -2.13. The van der Waals surface area contributed by atoms with E-state index in [9.17, 15) is 4.79 Å². The van der Waals surface area contributed by atoms with Gasteiger partial charge in [-0.3, -0.25) is 9.36 Å². The highest BCUT2D eigenvalue weighted by molar-refractivity contribution is 5.94. The largest absolute Gasteiger partial charge is 0.378 e. The first-order chi connectivity index (χ1) is 13.0. The van der Waals surface area contributed by atoms with Crippen molar-refractivity contribution in [2.75, 3.05) is 37.4 Å². The summed E-state index contributed by atoms with van der Waals surface area (Å²) in [6, 6.07) is 9.34. The van der Waals surface area contributed by atoms with Gasteiger partial charge in [-0.05, 0) is 31.2 Å². The van der Waals surface area contributed by atoms with E-state index in [1.165, 1.54) is 6.33 Å². The van der Waals surface area contributed by atoms with Gasteiger partial charge in [-0.1, -0.05) is 0 Å². The summed E-state index contributed by atoms with van der Waals surface area (Å²) < 4.78 is 1.88. The minimum Gasteiger partial charge on any atom is -0.378 e. The Hall–Kier alpha value is -3.42. The second-order valence-electron chi connectivity index (χ2n) is 6.23. The van der Waals surface area contributed by atoms with Crippen LogP contribution in [0, 0.1) is 6.92 Å². The predicted octanol–water partition coefficient (Wildman–Crippen LogP) is 1.88. The number of hydrogen-bond acceptors (Lipinski definition) is 6. The average Bonchev–Trinajstić information content (AvgIpc) is 3.11. The lowest BCUT2D eigenvalue weighted by Crippen LogP contribution is -2.29. The molecule has 1 aromatic carbocycles. The Morgan fingerprint density at radius 3 is 2.56 bits per heavy atom. The molecule has 1 amide bonds. The van der Waals surface area contributed by atoms with E-state index in [-0.39, 0.29) is 5.91 Å². The molecule has 0 aliphatic heterocycles. The second kappa shape index (κ2) is 8.31. The van der Waals surface area contributed by atoms with Crippen LogP contribution in [0.15, 0.2) is 49.1 Å². The van der Waals surface area contributed by atoms with E-state index in [0.29, 0.717) is 24.5 Å². The summed E-state index contributed by atoms with van der Waals surface area (Å²) in [5.41, 5.74) is 1.70. The molecule has 2 N–H and O–H groups in total. The topological polar surface area (TPSA) is 88.0 Å². The van der Waals surface area contributed by atoms with E-state index in [1.54, 1.807) is 6.20 Å². The van der Waals surface area contributed by atoms with E-state index in [4.69, 9.17) is 0 Å². The first-order valence-corrected chi connectivity index (χ1v) is 8.66. The van der Waals surface area contributed by atoms with Gasteiger partial charge in [0.1, 0.15) is 23.8 Å². The van der Waals surface area contributed by atoms with Gasteiger partial charge >= 0.3 is 0 Å². The molecule has 3 rings (SSSR count). The number of hydrogen-bond donors (Lipinski definition) is 2. The summed E-state index contributed by atoms with van der Waals surface area (Å²) in [5.74, 6) is 2.19. The number of aromatic nitrogens is 4. The molecule has 2 heterocycles. The zero-order valence-electron chi connectivity index (χ0n) is 15.7. The van der Waals surface area contributed by atoms with Gasteiger partial charge in [-0.15, -0.1) is 0 Å². The Balaban J connectivity index is 1.50. The fourth-order valence-corrected chi connectivity index (χ4v) is 2.58. The number of carbonyl (C=O) groups excluding carboxylic acids is 1. The number of benzene rings is 1. The van der Waals surface area contributed by atoms with Gasteiger partial charge in [0.05, 0.1) is 0 Å². The van der Waals surface area contributed by atoms with Crippen LogP contribution in [0.2, 0.25) is 0 Å². The quantitative estimate of drug-likeness (QED) is 0.622. The molecule has 0 aliphatic carbocycles. The van der Waals surface area contributed by atoms with Gasteiger partial charge in [0.25, 0.3) is 5.91 Å². The van der Waals surface area contributed by atoms with Gasteiger partial charge in [-0.2, -0.15) is 0 Å². The van der Waals surface area contributed by atoms with Crippen LogP contribution in [0.3, 0.4) is 0 Å². The van der Waals surface area contributed by atoms with Crippen LogP contribution in [-0.4, -0.2) is 52.6 Å². The highest BCUT2D eigenvalue weighted by Gasteiger charge is 2.06. The molecule has 2 aromatic heterocycles. The molecular formula is C19H23N7O. The lowest BCUT2D eigenvalue weighted by molar-refractivity contribution is 0.0955. The zero-order chi connectivity index (χ0) is 19.2. The Morgan fingerprint density at radius 1 is 1.11 bits per heavy atom. The normalized spacial score (nSPS) is 10.5. The molecule has 8 heteroatoms. The smallest absolute Gasteiger partial charge is 0.251 e. The van der Waals surface area contributed by atoms with Crippen molar-refractivity contribution in [2.45, 2.75) is 6.92 Å². The first kappa shape index (κ1) is 18.4. The van der Waals surface area contributed by atoms with Gasteiger partial charge in [0.15, 0.2) is 0 Å². The number of imidazole rings is 1. The van der Waals surface area contributed by atoms with Crippen LogP contribution in [-0.2, 0) is 0 Å². The van der Waals surface area contributed by atoms with E-state index in [1.807, 2.05) is 67.0 Å². The summed E-state index contributed by atoms with van der Waals surface area (Å²) >= 11 is 0. The summed E-state index contributed by atoms with van der Waals surface area (Å²) in [6.07, 6.45) is 5.08. The van der Waals surface area contributed by atoms with Crippen molar-refractivity contribution in [3.05, 3.63) is 60.4 Å². The van der Waals surface area contributed by atoms with Crippen LogP contribution in [0.1, 0.15) is 16.2 Å². The fourth-order valence-electron chi connectivity index (χ4n) is 2.58. The van der Waals surface area contributed by atoms with Crippen LogP contribution in [0.4, 0.5) is 11.5 Å². The van der Waals surface area contributed by atoms with Crippen LogP contribution >= 0.6 is 0 Å². The number of nitrogens with one attached hydrogen (secondary N) is 2. The van der Waals surface area contributed by atoms with E-state index in [2.05, 4.69) is 25.6 Å². The zero-order valence-corrected chi connectivity index (χ0v) is 15.7. The number of aryl methyl sites for hydroxylation is 1. The van der Waals surface area contributed by atoms with Crippen LogP contribution in [0.25, 0.3) is 5.82 Å². The summed E-state index contributed by atoms with van der Waals surface area (Å²) in [5, 5.41) is 6.09. The molecule has 8 nitrogen and oxygen atoms in total. The summed E-state index contributed by atoms with van der Waals surface area (Å²) in [6.45, 7) is 2.95. The number of amides is 1. The first-order valence-electron chi connectivity index (χ1n) is 8.66.